The Bertz CT molecular complexity index is 649. The fourth-order valence-corrected chi connectivity index (χ4v) is 2.94. The third-order valence-corrected chi connectivity index (χ3v) is 4.27. The van der Waals surface area contributed by atoms with Crippen LogP contribution in [0.25, 0.3) is 6.08 Å². The van der Waals surface area contributed by atoms with Gasteiger partial charge in [-0.2, -0.15) is 0 Å². The number of ether oxygens (including phenoxy) is 1. The van der Waals surface area contributed by atoms with Crippen LogP contribution in [-0.4, -0.2) is 35.2 Å². The molecule has 1 aromatic rings. The smallest absolute Gasteiger partial charge is 0.326 e. The predicted molar refractivity (Wildman–Crippen MR) is 89.8 cm³/mol. The van der Waals surface area contributed by atoms with Crippen molar-refractivity contribution in [1.82, 2.24) is 4.90 Å². The highest BCUT2D eigenvalue weighted by Crippen LogP contribution is 2.32. The third kappa shape index (κ3) is 4.22. The first-order valence-electron chi connectivity index (χ1n) is 7.43. The average molecular weight is 333 g/mol. The summed E-state index contributed by atoms with van der Waals surface area (Å²) in [7, 11) is 0. The van der Waals surface area contributed by atoms with Crippen LogP contribution in [-0.2, 0) is 14.3 Å². The van der Waals surface area contributed by atoms with Crippen LogP contribution in [0.2, 0.25) is 0 Å². The fourth-order valence-electron chi connectivity index (χ4n) is 2.10. The second-order valence-corrected chi connectivity index (χ2v) is 6.39. The second kappa shape index (κ2) is 7.46. The minimum atomic E-state index is -0.586. The predicted octanol–water partition coefficient (Wildman–Crippen LogP) is 3.41. The van der Waals surface area contributed by atoms with Crippen LogP contribution >= 0.6 is 11.8 Å². The van der Waals surface area contributed by atoms with E-state index in [-0.39, 0.29) is 13.2 Å². The highest BCUT2D eigenvalue weighted by Gasteiger charge is 2.36. The molecule has 1 aromatic carbocycles. The number of rotatable bonds is 5. The van der Waals surface area contributed by atoms with E-state index >= 15 is 0 Å². The summed E-state index contributed by atoms with van der Waals surface area (Å²) in [6.45, 7) is 5.76. The minimum Gasteiger partial charge on any atom is -0.465 e. The van der Waals surface area contributed by atoms with Crippen molar-refractivity contribution >= 4 is 35.0 Å². The molecule has 1 aliphatic rings. The van der Waals surface area contributed by atoms with E-state index in [2.05, 4.69) is 13.8 Å². The lowest BCUT2D eigenvalue weighted by atomic mass is 10.0. The Morgan fingerprint density at radius 2 is 1.91 bits per heavy atom. The molecule has 1 aliphatic heterocycles. The Morgan fingerprint density at radius 1 is 1.26 bits per heavy atom. The van der Waals surface area contributed by atoms with Crippen LogP contribution < -0.4 is 0 Å². The maximum atomic E-state index is 12.2. The van der Waals surface area contributed by atoms with Crippen LogP contribution in [0.1, 0.15) is 37.8 Å². The van der Waals surface area contributed by atoms with Crippen LogP contribution in [0.3, 0.4) is 0 Å². The van der Waals surface area contributed by atoms with Gasteiger partial charge in [-0.3, -0.25) is 19.3 Å². The number of thioether (sulfide) groups is 1. The van der Waals surface area contributed by atoms with Crippen molar-refractivity contribution in [3.05, 3.63) is 40.3 Å². The van der Waals surface area contributed by atoms with Crippen molar-refractivity contribution in [3.8, 4) is 0 Å². The zero-order valence-electron chi connectivity index (χ0n) is 13.4. The molecule has 0 bridgehead atoms. The Kier molecular flexibility index (Phi) is 5.60. The van der Waals surface area contributed by atoms with Gasteiger partial charge in [-0.15, -0.1) is 0 Å². The molecule has 0 N–H and O–H groups in total. The second-order valence-electron chi connectivity index (χ2n) is 5.39. The lowest BCUT2D eigenvalue weighted by Gasteiger charge is -2.10. The van der Waals surface area contributed by atoms with Crippen molar-refractivity contribution in [2.75, 3.05) is 13.2 Å². The number of amides is 2. The van der Waals surface area contributed by atoms with Gasteiger partial charge in [0.05, 0.1) is 11.5 Å². The van der Waals surface area contributed by atoms with Crippen molar-refractivity contribution in [1.29, 1.82) is 0 Å². The van der Waals surface area contributed by atoms with Gasteiger partial charge in [-0.05, 0) is 41.8 Å². The van der Waals surface area contributed by atoms with E-state index in [0.29, 0.717) is 10.8 Å². The molecule has 0 aromatic heterocycles. The first-order chi connectivity index (χ1) is 10.9. The number of esters is 1. The van der Waals surface area contributed by atoms with Crippen molar-refractivity contribution in [2.45, 2.75) is 26.7 Å². The number of hydrogen-bond acceptors (Lipinski definition) is 5. The molecule has 0 radical (unpaired) electrons. The van der Waals surface area contributed by atoms with Gasteiger partial charge in [-0.1, -0.05) is 38.1 Å². The van der Waals surface area contributed by atoms with E-state index < -0.39 is 17.1 Å². The number of nitrogens with zero attached hydrogens (tertiary/aromatic N) is 1. The van der Waals surface area contributed by atoms with E-state index in [1.807, 2.05) is 24.3 Å². The molecule has 0 spiro atoms. The Labute approximate surface area is 139 Å². The van der Waals surface area contributed by atoms with Gasteiger partial charge in [0, 0.05) is 0 Å². The number of imide groups is 1. The molecule has 1 heterocycles. The first kappa shape index (κ1) is 17.3. The summed E-state index contributed by atoms with van der Waals surface area (Å²) in [4.78, 5) is 36.8. The lowest BCUT2D eigenvalue weighted by Crippen LogP contribution is -2.34. The van der Waals surface area contributed by atoms with Crippen molar-refractivity contribution < 1.29 is 19.1 Å². The van der Waals surface area contributed by atoms with E-state index in [4.69, 9.17) is 4.74 Å². The largest absolute Gasteiger partial charge is 0.465 e. The van der Waals surface area contributed by atoms with Gasteiger partial charge in [0.2, 0.25) is 0 Å². The summed E-state index contributed by atoms with van der Waals surface area (Å²) in [5.41, 5.74) is 2.05. The highest BCUT2D eigenvalue weighted by molar-refractivity contribution is 8.18. The fraction of sp³-hybridized carbons (Fsp3) is 0.353. The van der Waals surface area contributed by atoms with Crippen molar-refractivity contribution in [2.24, 2.45) is 0 Å². The Balaban J connectivity index is 2.13. The molecule has 0 unspecified atom stereocenters. The summed E-state index contributed by atoms with van der Waals surface area (Å²) >= 11 is 0.838. The first-order valence-corrected chi connectivity index (χ1v) is 8.25. The molecule has 2 amide bonds. The molecule has 2 rings (SSSR count). The van der Waals surface area contributed by atoms with Crippen LogP contribution in [0.5, 0.6) is 0 Å². The summed E-state index contributed by atoms with van der Waals surface area (Å²) in [5.74, 6) is -0.612. The van der Waals surface area contributed by atoms with Gasteiger partial charge >= 0.3 is 5.97 Å². The molecule has 1 saturated heterocycles. The van der Waals surface area contributed by atoms with E-state index in [9.17, 15) is 14.4 Å². The van der Waals surface area contributed by atoms with E-state index in [1.165, 1.54) is 5.56 Å². The van der Waals surface area contributed by atoms with E-state index in [0.717, 1.165) is 22.2 Å². The zero-order valence-corrected chi connectivity index (χ0v) is 14.2. The molecular formula is C17H19NO4S. The number of carbonyl (C=O) groups excluding carboxylic acids is 3. The summed E-state index contributed by atoms with van der Waals surface area (Å²) < 4.78 is 4.78. The molecule has 0 aliphatic carbocycles. The van der Waals surface area contributed by atoms with Gasteiger partial charge in [-0.25, -0.2) is 0 Å². The van der Waals surface area contributed by atoms with Gasteiger partial charge in [0.25, 0.3) is 11.1 Å². The maximum absolute atomic E-state index is 12.2. The molecule has 0 saturated carbocycles. The normalized spacial score (nSPS) is 16.5. The Morgan fingerprint density at radius 3 is 2.48 bits per heavy atom. The van der Waals surface area contributed by atoms with Gasteiger partial charge in [0.1, 0.15) is 6.54 Å². The monoisotopic (exact) mass is 333 g/mol. The molecule has 0 atom stereocenters. The van der Waals surface area contributed by atoms with Crippen LogP contribution in [0.4, 0.5) is 4.79 Å². The quantitative estimate of drug-likeness (QED) is 0.610. The molecule has 122 valence electrons. The zero-order chi connectivity index (χ0) is 17.0. The van der Waals surface area contributed by atoms with E-state index in [1.54, 1.807) is 13.0 Å². The topological polar surface area (TPSA) is 63.7 Å². The minimum absolute atomic E-state index is 0.215. The summed E-state index contributed by atoms with van der Waals surface area (Å²) in [5, 5.41) is -0.451. The molecule has 5 nitrogen and oxygen atoms in total. The van der Waals surface area contributed by atoms with Gasteiger partial charge < -0.3 is 4.74 Å². The van der Waals surface area contributed by atoms with Crippen LogP contribution in [0, 0.1) is 0 Å². The maximum Gasteiger partial charge on any atom is 0.326 e. The van der Waals surface area contributed by atoms with Gasteiger partial charge in [0.15, 0.2) is 0 Å². The number of carbonyl (C=O) groups is 3. The number of benzene rings is 1. The SMILES string of the molecule is CCOC(=O)CN1C(=O)S/C(=C/c2ccc(C(C)C)cc2)C1=O. The Hall–Kier alpha value is -2.08. The molecule has 1 fully saturated rings. The van der Waals surface area contributed by atoms with Crippen LogP contribution in [0.15, 0.2) is 29.2 Å². The lowest BCUT2D eigenvalue weighted by molar-refractivity contribution is -0.145. The average Bonchev–Trinajstić information content (AvgIpc) is 2.76. The number of hydrogen-bond donors (Lipinski definition) is 0. The third-order valence-electron chi connectivity index (χ3n) is 3.37. The van der Waals surface area contributed by atoms with Crippen molar-refractivity contribution in [3.63, 3.8) is 0 Å². The summed E-state index contributed by atoms with van der Waals surface area (Å²) in [6, 6.07) is 7.82. The summed E-state index contributed by atoms with van der Waals surface area (Å²) in [6.07, 6.45) is 1.67. The molecule has 23 heavy (non-hydrogen) atoms. The molecule has 6 heteroatoms. The highest BCUT2D eigenvalue weighted by atomic mass is 32.2. The molecular weight excluding hydrogens is 314 g/mol. The standard InChI is InChI=1S/C17H19NO4S/c1-4-22-15(19)10-18-16(20)14(23-17(18)21)9-12-5-7-13(8-6-12)11(2)3/h5-9,11H,4,10H2,1-3H3/b14-9+.